The molecule has 0 heterocycles. The van der Waals surface area contributed by atoms with Crippen molar-refractivity contribution in [2.45, 2.75) is 226 Å². The summed E-state index contributed by atoms with van der Waals surface area (Å²) in [5.74, 6) is 0.226. The van der Waals surface area contributed by atoms with Crippen LogP contribution in [0.5, 0.6) is 0 Å². The Balaban J connectivity index is 4.00. The summed E-state index contributed by atoms with van der Waals surface area (Å²) in [5.41, 5.74) is 0. The Morgan fingerprint density at radius 1 is 0.429 bits per heavy atom. The van der Waals surface area contributed by atoms with Crippen LogP contribution in [0.3, 0.4) is 0 Å². The van der Waals surface area contributed by atoms with Crippen LogP contribution in [-0.4, -0.2) is 24.3 Å². The maximum atomic E-state index is 13.0. The second kappa shape index (κ2) is 36.6. The van der Waals surface area contributed by atoms with Crippen molar-refractivity contribution in [2.24, 2.45) is 5.92 Å². The third-order valence-electron chi connectivity index (χ3n) is 9.19. The number of aliphatic hydroxyl groups excluding tert-OH is 1. The van der Waals surface area contributed by atoms with Crippen LogP contribution in [0.1, 0.15) is 226 Å². The number of aliphatic hydroxyl groups is 1. The highest BCUT2D eigenvalue weighted by molar-refractivity contribution is 5.72. The molecule has 0 rings (SSSR count). The van der Waals surface area contributed by atoms with Crippen LogP contribution >= 0.6 is 0 Å². The second-order valence-corrected chi connectivity index (χ2v) is 13.4. The van der Waals surface area contributed by atoms with Crippen LogP contribution in [0.4, 0.5) is 0 Å². The first-order valence-corrected chi connectivity index (χ1v) is 19.5. The van der Waals surface area contributed by atoms with E-state index in [0.717, 1.165) is 25.7 Å². The van der Waals surface area contributed by atoms with E-state index >= 15 is 0 Å². The number of hydrogen-bond acceptors (Lipinski definition) is 3. The fraction of sp³-hybridized carbons (Fsp3) is 0.974. The van der Waals surface area contributed by atoms with E-state index in [1.54, 1.807) is 0 Å². The van der Waals surface area contributed by atoms with Gasteiger partial charge in [-0.05, 0) is 25.7 Å². The van der Waals surface area contributed by atoms with Gasteiger partial charge in [-0.15, -0.1) is 0 Å². The molecule has 0 amide bonds. The van der Waals surface area contributed by atoms with Crippen LogP contribution in [0, 0.1) is 5.92 Å². The summed E-state index contributed by atoms with van der Waals surface area (Å²) in [4.78, 5) is 13.0. The van der Waals surface area contributed by atoms with Crippen molar-refractivity contribution in [3.8, 4) is 0 Å². The number of rotatable bonds is 36. The summed E-state index contributed by atoms with van der Waals surface area (Å²) >= 11 is 0. The SMILES string of the molecule is CCCCCCCCCCCCCCOC(=O)C(CCCCCCCCCC)CCCCCCCCCCCCCO. The fourth-order valence-electron chi connectivity index (χ4n) is 6.23. The molecule has 0 aromatic carbocycles. The van der Waals surface area contributed by atoms with Gasteiger partial charge in [0.1, 0.15) is 0 Å². The van der Waals surface area contributed by atoms with Crippen LogP contribution < -0.4 is 0 Å². The van der Waals surface area contributed by atoms with E-state index in [4.69, 9.17) is 9.84 Å². The van der Waals surface area contributed by atoms with Gasteiger partial charge in [0.25, 0.3) is 0 Å². The molecular formula is C39H78O3. The first-order valence-electron chi connectivity index (χ1n) is 19.5. The Morgan fingerprint density at radius 3 is 1.05 bits per heavy atom. The van der Waals surface area contributed by atoms with Crippen molar-refractivity contribution in [2.75, 3.05) is 13.2 Å². The maximum Gasteiger partial charge on any atom is 0.308 e. The molecule has 0 aliphatic carbocycles. The van der Waals surface area contributed by atoms with Crippen molar-refractivity contribution in [1.82, 2.24) is 0 Å². The standard InChI is InChI=1S/C39H78O3/c1-3-5-7-9-11-13-14-18-21-25-29-33-37-42-39(41)38(34-30-26-22-12-10-8-6-4-2)35-31-27-23-19-16-15-17-20-24-28-32-36-40/h38,40H,3-37H2,1-2H3. The van der Waals surface area contributed by atoms with Crippen LogP contribution in [0.25, 0.3) is 0 Å². The Labute approximate surface area is 265 Å². The lowest BCUT2D eigenvalue weighted by Crippen LogP contribution is -2.18. The third-order valence-corrected chi connectivity index (χ3v) is 9.19. The lowest BCUT2D eigenvalue weighted by atomic mass is 9.94. The number of hydrogen-bond donors (Lipinski definition) is 1. The molecule has 0 aliphatic rings. The van der Waals surface area contributed by atoms with Crippen LogP contribution in [0.2, 0.25) is 0 Å². The largest absolute Gasteiger partial charge is 0.465 e. The molecule has 0 aromatic heterocycles. The lowest BCUT2D eigenvalue weighted by Gasteiger charge is -2.16. The predicted molar refractivity (Wildman–Crippen MR) is 185 cm³/mol. The average Bonchev–Trinajstić information content (AvgIpc) is 3.00. The molecule has 0 bridgehead atoms. The van der Waals surface area contributed by atoms with E-state index in [0.29, 0.717) is 13.2 Å². The van der Waals surface area contributed by atoms with E-state index < -0.39 is 0 Å². The first kappa shape index (κ1) is 41.4. The minimum atomic E-state index is 0.0993. The van der Waals surface area contributed by atoms with E-state index in [1.807, 2.05) is 0 Å². The monoisotopic (exact) mass is 595 g/mol. The summed E-state index contributed by atoms with van der Waals surface area (Å²) in [5, 5.41) is 8.86. The summed E-state index contributed by atoms with van der Waals surface area (Å²) < 4.78 is 5.82. The molecular weight excluding hydrogens is 516 g/mol. The Bertz CT molecular complexity index is 506. The minimum absolute atomic E-state index is 0.0993. The number of esters is 1. The van der Waals surface area contributed by atoms with E-state index in [-0.39, 0.29) is 11.9 Å². The van der Waals surface area contributed by atoms with Gasteiger partial charge in [-0.2, -0.15) is 0 Å². The van der Waals surface area contributed by atoms with Crippen molar-refractivity contribution in [1.29, 1.82) is 0 Å². The molecule has 0 radical (unpaired) electrons. The molecule has 1 N–H and O–H groups in total. The highest BCUT2D eigenvalue weighted by Crippen LogP contribution is 2.22. The molecule has 3 heteroatoms. The molecule has 0 aliphatic heterocycles. The minimum Gasteiger partial charge on any atom is -0.465 e. The van der Waals surface area contributed by atoms with Crippen molar-refractivity contribution < 1.29 is 14.6 Å². The van der Waals surface area contributed by atoms with Crippen molar-refractivity contribution in [3.63, 3.8) is 0 Å². The molecule has 1 unspecified atom stereocenters. The number of unbranched alkanes of at least 4 members (excludes halogenated alkanes) is 28. The Morgan fingerprint density at radius 2 is 0.714 bits per heavy atom. The topological polar surface area (TPSA) is 46.5 Å². The van der Waals surface area contributed by atoms with Crippen LogP contribution in [-0.2, 0) is 9.53 Å². The number of carbonyl (C=O) groups excluding carboxylic acids is 1. The summed E-state index contributed by atoms with van der Waals surface area (Å²) in [6.07, 6.45) is 42.6. The van der Waals surface area contributed by atoms with Gasteiger partial charge in [0, 0.05) is 6.61 Å². The predicted octanol–water partition coefficient (Wildman–Crippen LogP) is 13.1. The van der Waals surface area contributed by atoms with Gasteiger partial charge in [0.15, 0.2) is 0 Å². The molecule has 0 spiro atoms. The zero-order valence-corrected chi connectivity index (χ0v) is 29.1. The van der Waals surface area contributed by atoms with E-state index in [1.165, 1.54) is 186 Å². The molecule has 0 fully saturated rings. The summed E-state index contributed by atoms with van der Waals surface area (Å²) in [7, 11) is 0. The molecule has 42 heavy (non-hydrogen) atoms. The maximum absolute atomic E-state index is 13.0. The third kappa shape index (κ3) is 32.3. The number of ether oxygens (including phenoxy) is 1. The molecule has 1 atom stereocenters. The fourth-order valence-corrected chi connectivity index (χ4v) is 6.23. The molecule has 3 nitrogen and oxygen atoms in total. The first-order chi connectivity index (χ1) is 20.8. The summed E-state index contributed by atoms with van der Waals surface area (Å²) in [6, 6.07) is 0. The van der Waals surface area contributed by atoms with Gasteiger partial charge >= 0.3 is 5.97 Å². The Hall–Kier alpha value is -0.570. The zero-order chi connectivity index (χ0) is 30.6. The molecule has 252 valence electrons. The van der Waals surface area contributed by atoms with Gasteiger partial charge in [-0.3, -0.25) is 4.79 Å². The van der Waals surface area contributed by atoms with Crippen LogP contribution in [0.15, 0.2) is 0 Å². The normalized spacial score (nSPS) is 12.2. The van der Waals surface area contributed by atoms with E-state index in [9.17, 15) is 4.79 Å². The Kier molecular flexibility index (Phi) is 36.1. The summed E-state index contributed by atoms with van der Waals surface area (Å²) in [6.45, 7) is 5.54. The average molecular weight is 595 g/mol. The van der Waals surface area contributed by atoms with Gasteiger partial charge in [-0.1, -0.05) is 200 Å². The quantitative estimate of drug-likeness (QED) is 0.0579. The molecule has 0 saturated carbocycles. The van der Waals surface area contributed by atoms with E-state index in [2.05, 4.69) is 13.8 Å². The smallest absolute Gasteiger partial charge is 0.308 e. The highest BCUT2D eigenvalue weighted by Gasteiger charge is 2.19. The molecule has 0 saturated heterocycles. The van der Waals surface area contributed by atoms with Crippen molar-refractivity contribution >= 4 is 5.97 Å². The van der Waals surface area contributed by atoms with Gasteiger partial charge in [0.05, 0.1) is 12.5 Å². The molecule has 0 aromatic rings. The highest BCUT2D eigenvalue weighted by atomic mass is 16.5. The second-order valence-electron chi connectivity index (χ2n) is 13.4. The zero-order valence-electron chi connectivity index (χ0n) is 29.1. The lowest BCUT2D eigenvalue weighted by molar-refractivity contribution is -0.149. The van der Waals surface area contributed by atoms with Gasteiger partial charge in [-0.25, -0.2) is 0 Å². The van der Waals surface area contributed by atoms with Gasteiger partial charge in [0.2, 0.25) is 0 Å². The van der Waals surface area contributed by atoms with Crippen molar-refractivity contribution in [3.05, 3.63) is 0 Å². The van der Waals surface area contributed by atoms with Gasteiger partial charge < -0.3 is 9.84 Å². The number of carbonyl (C=O) groups is 1.